The maximum atomic E-state index is 12.1. The Bertz CT molecular complexity index is 1170. The number of carbonyl (C=O) groups is 1. The minimum atomic E-state index is -0.171. The number of halogens is 2. The molecule has 0 saturated carbocycles. The van der Waals surface area contributed by atoms with E-state index in [1.165, 1.54) is 25.0 Å². The largest absolute Gasteiger partial charge is 0.344 e. The summed E-state index contributed by atoms with van der Waals surface area (Å²) in [6.07, 6.45) is 7.19. The number of carbonyl (C=O) groups excluding carboxylic acids is 1. The van der Waals surface area contributed by atoms with Crippen LogP contribution in [0.2, 0.25) is 5.02 Å². The molecule has 1 atom stereocenters. The van der Waals surface area contributed by atoms with Crippen molar-refractivity contribution in [2.45, 2.75) is 60.8 Å². The molecular weight excluding hydrogens is 507 g/mol. The van der Waals surface area contributed by atoms with E-state index in [2.05, 4.69) is 39.6 Å². The Balaban J connectivity index is 0.000000522. The van der Waals surface area contributed by atoms with Gasteiger partial charge in [-0.15, -0.1) is 0 Å². The number of unbranched alkanes of at least 4 members (excludes halogenated alkanes) is 1. The maximum Gasteiger partial charge on any atom is 0.159 e. The smallest absolute Gasteiger partial charge is 0.159 e. The van der Waals surface area contributed by atoms with Crippen molar-refractivity contribution in [3.63, 3.8) is 0 Å². The number of aryl methyl sites for hydroxylation is 1. The van der Waals surface area contributed by atoms with E-state index in [4.69, 9.17) is 16.6 Å². The summed E-state index contributed by atoms with van der Waals surface area (Å²) in [6, 6.07) is 21.4. The number of hydrogen-bond donors (Lipinski definition) is 1. The predicted octanol–water partition coefficient (Wildman–Crippen LogP) is 10.6. The van der Waals surface area contributed by atoms with Crippen molar-refractivity contribution in [1.29, 1.82) is 0 Å². The topological polar surface area (TPSA) is 41.5 Å². The van der Waals surface area contributed by atoms with E-state index in [0.717, 1.165) is 34.8 Å². The first-order chi connectivity index (χ1) is 18.6. The molecule has 0 amide bonds. The van der Waals surface area contributed by atoms with Crippen LogP contribution >= 0.6 is 11.6 Å². The second kappa shape index (κ2) is 18.7. The first-order valence-corrected chi connectivity index (χ1v) is 13.8. The van der Waals surface area contributed by atoms with E-state index in [1.807, 2.05) is 61.5 Å². The quantitative estimate of drug-likeness (QED) is 0.132. The number of aliphatic imine (C=N–C) groups is 1. The van der Waals surface area contributed by atoms with Crippen molar-refractivity contribution < 1.29 is 9.18 Å². The average molecular weight is 549 g/mol. The molecule has 1 unspecified atom stereocenters. The third-order valence-electron chi connectivity index (χ3n) is 5.81. The molecule has 0 bridgehead atoms. The van der Waals surface area contributed by atoms with E-state index in [-0.39, 0.29) is 17.5 Å². The molecule has 39 heavy (non-hydrogen) atoms. The van der Waals surface area contributed by atoms with Gasteiger partial charge in [-0.3, -0.25) is 4.79 Å². The van der Waals surface area contributed by atoms with Crippen LogP contribution < -0.4 is 5.32 Å². The van der Waals surface area contributed by atoms with Crippen LogP contribution in [0.25, 0.3) is 5.70 Å². The highest BCUT2D eigenvalue weighted by Crippen LogP contribution is 2.22. The Hall–Kier alpha value is -3.50. The lowest BCUT2D eigenvalue weighted by Crippen LogP contribution is -2.20. The highest BCUT2D eigenvalue weighted by Gasteiger charge is 2.11. The van der Waals surface area contributed by atoms with E-state index >= 15 is 0 Å². The Kier molecular flexibility index (Phi) is 16.1. The Labute approximate surface area is 239 Å². The summed E-state index contributed by atoms with van der Waals surface area (Å²) < 4.78 is 12.1. The maximum absolute atomic E-state index is 12.1. The van der Waals surface area contributed by atoms with Crippen molar-refractivity contribution in [3.8, 4) is 0 Å². The number of nitrogens with one attached hydrogen (secondary N) is 1. The second-order valence-electron chi connectivity index (χ2n) is 9.15. The minimum absolute atomic E-state index is 0.0521. The van der Waals surface area contributed by atoms with Crippen LogP contribution in [-0.2, 0) is 0 Å². The van der Waals surface area contributed by atoms with E-state index in [9.17, 15) is 9.18 Å². The first-order valence-electron chi connectivity index (χ1n) is 13.4. The van der Waals surface area contributed by atoms with Gasteiger partial charge in [-0.05, 0) is 74.9 Å². The molecule has 0 aliphatic heterocycles. The van der Waals surface area contributed by atoms with Crippen LogP contribution in [0, 0.1) is 18.7 Å². The van der Waals surface area contributed by atoms with E-state index < -0.39 is 0 Å². The highest BCUT2D eigenvalue weighted by molar-refractivity contribution is 6.30. The van der Waals surface area contributed by atoms with E-state index in [0.29, 0.717) is 10.6 Å². The summed E-state index contributed by atoms with van der Waals surface area (Å²) in [4.78, 5) is 16.3. The van der Waals surface area contributed by atoms with Gasteiger partial charge in [0.1, 0.15) is 11.7 Å². The Morgan fingerprint density at radius 1 is 0.949 bits per heavy atom. The summed E-state index contributed by atoms with van der Waals surface area (Å²) in [5.41, 5.74) is 4.45. The molecule has 0 heterocycles. The van der Waals surface area contributed by atoms with Gasteiger partial charge in [0, 0.05) is 27.8 Å². The van der Waals surface area contributed by atoms with Gasteiger partial charge >= 0.3 is 0 Å². The zero-order valence-electron chi connectivity index (χ0n) is 24.1. The molecule has 0 saturated heterocycles. The van der Waals surface area contributed by atoms with Crippen molar-refractivity contribution in [3.05, 3.63) is 119 Å². The molecule has 3 aromatic carbocycles. The van der Waals surface area contributed by atoms with Gasteiger partial charge in [0.15, 0.2) is 5.78 Å². The third kappa shape index (κ3) is 13.2. The van der Waals surface area contributed by atoms with Crippen molar-refractivity contribution in [1.82, 2.24) is 0 Å². The highest BCUT2D eigenvalue weighted by atomic mass is 35.5. The molecule has 0 spiro atoms. The van der Waals surface area contributed by atoms with Crippen LogP contribution in [0.5, 0.6) is 0 Å². The number of amidine groups is 1. The van der Waals surface area contributed by atoms with Crippen molar-refractivity contribution in [2.24, 2.45) is 10.9 Å². The fourth-order valence-electron chi connectivity index (χ4n) is 2.98. The van der Waals surface area contributed by atoms with E-state index in [1.54, 1.807) is 25.1 Å². The lowest BCUT2D eigenvalue weighted by atomic mass is 10.1. The molecule has 0 aliphatic rings. The molecule has 3 nitrogen and oxygen atoms in total. The number of rotatable bonds is 8. The zero-order chi connectivity index (χ0) is 29.2. The summed E-state index contributed by atoms with van der Waals surface area (Å²) in [5.74, 6) is 0.973. The predicted molar refractivity (Wildman–Crippen MR) is 168 cm³/mol. The molecule has 0 fully saturated rings. The van der Waals surface area contributed by atoms with Crippen molar-refractivity contribution >= 4 is 34.6 Å². The fourth-order valence-corrected chi connectivity index (χ4v) is 3.11. The normalized spacial score (nSPS) is 11.8. The molecule has 208 valence electrons. The van der Waals surface area contributed by atoms with Crippen LogP contribution in [0.1, 0.15) is 75.4 Å². The third-order valence-corrected chi connectivity index (χ3v) is 6.06. The second-order valence-corrected chi connectivity index (χ2v) is 9.59. The average Bonchev–Trinajstić information content (AvgIpc) is 2.94. The number of allylic oxidation sites excluding steroid dienone is 2. The standard InChI is InChI=1S/C23H25ClN2O.C7H7F.C4H10/c1-5-7-22(19-8-12-20(24)13-9-19)26-23(16(3)6-2)25-21-14-10-18(11-15-21)17(4)27;1-6-2-4-7(8)5-3-6;1-3-4-2/h5,7-16H,1,6H2,2-4H3,(H,25,26);2-5H,1H3;3-4H2,1-2H3/b22-7-;;. The lowest BCUT2D eigenvalue weighted by Gasteiger charge is -2.17. The van der Waals surface area contributed by atoms with Gasteiger partial charge in [-0.25, -0.2) is 9.38 Å². The molecule has 0 aliphatic carbocycles. The SMILES string of the molecule is C=C/C=C(\N=C(Nc1ccc(C(C)=O)cc1)C(C)CC)c1ccc(Cl)cc1.CCCC.Cc1ccc(F)cc1. The summed E-state index contributed by atoms with van der Waals surface area (Å²) in [6.45, 7) is 15.9. The van der Waals surface area contributed by atoms with Gasteiger partial charge < -0.3 is 5.32 Å². The van der Waals surface area contributed by atoms with Gasteiger partial charge in [0.2, 0.25) is 0 Å². The van der Waals surface area contributed by atoms with Crippen molar-refractivity contribution in [2.75, 3.05) is 5.32 Å². The lowest BCUT2D eigenvalue weighted by molar-refractivity contribution is 0.101. The van der Waals surface area contributed by atoms with Gasteiger partial charge in [0.05, 0.1) is 5.70 Å². The first kappa shape index (κ1) is 33.5. The number of anilines is 1. The van der Waals surface area contributed by atoms with Crippen LogP contribution in [0.15, 0.2) is 96.5 Å². The molecule has 3 aromatic rings. The van der Waals surface area contributed by atoms with Gasteiger partial charge in [0.25, 0.3) is 0 Å². The van der Waals surface area contributed by atoms with Gasteiger partial charge in [-0.2, -0.15) is 0 Å². The number of ketones is 1. The fraction of sp³-hybridized carbons (Fsp3) is 0.294. The Morgan fingerprint density at radius 3 is 1.92 bits per heavy atom. The molecule has 0 aromatic heterocycles. The molecule has 5 heteroatoms. The minimum Gasteiger partial charge on any atom is -0.344 e. The number of benzene rings is 3. The molecule has 3 rings (SSSR count). The zero-order valence-corrected chi connectivity index (χ0v) is 24.9. The van der Waals surface area contributed by atoms with Gasteiger partial charge in [-0.1, -0.05) is 94.6 Å². The summed E-state index contributed by atoms with van der Waals surface area (Å²) >= 11 is 6.00. The number of hydrogen-bond acceptors (Lipinski definition) is 2. The molecule has 1 N–H and O–H groups in total. The molecule has 0 radical (unpaired) electrons. The summed E-state index contributed by atoms with van der Waals surface area (Å²) in [5, 5.41) is 4.09. The number of nitrogens with zero attached hydrogens (tertiary/aromatic N) is 1. The Morgan fingerprint density at radius 2 is 1.49 bits per heavy atom. The molecular formula is C34H42ClFN2O. The van der Waals surface area contributed by atoms with Crippen LogP contribution in [0.4, 0.5) is 10.1 Å². The number of Topliss-reactive ketones (excluding diaryl/α,β-unsaturated/α-hetero) is 1. The van der Waals surface area contributed by atoms with Crippen LogP contribution in [-0.4, -0.2) is 11.6 Å². The summed E-state index contributed by atoms with van der Waals surface area (Å²) in [7, 11) is 0. The van der Waals surface area contributed by atoms with Crippen LogP contribution in [0.3, 0.4) is 0 Å². The monoisotopic (exact) mass is 548 g/mol.